The first kappa shape index (κ1) is 103. The van der Waals surface area contributed by atoms with E-state index < -0.39 is 97.5 Å². The topological polar surface area (TPSA) is 237 Å². The van der Waals surface area contributed by atoms with E-state index in [0.29, 0.717) is 38.5 Å². The Morgan fingerprint density at radius 1 is 0.264 bits per heavy atom. The summed E-state index contributed by atoms with van der Waals surface area (Å²) in [6.45, 7) is 4.27. The first-order valence-corrected chi connectivity index (χ1v) is 44.0. The highest BCUT2D eigenvalue weighted by atomic mass is 31.2. The van der Waals surface area contributed by atoms with Gasteiger partial charge in [-0.2, -0.15) is 0 Å². The molecule has 0 saturated heterocycles. The highest BCUT2D eigenvalue weighted by molar-refractivity contribution is 7.47. The molecule has 0 aliphatic carbocycles. The van der Waals surface area contributed by atoms with Crippen LogP contribution in [-0.4, -0.2) is 96.7 Å². The summed E-state index contributed by atoms with van der Waals surface area (Å²) in [5.41, 5.74) is 0. The molecule has 0 rings (SSSR count). The lowest BCUT2D eigenvalue weighted by molar-refractivity contribution is -0.161. The number of allylic oxidation sites excluding steroid dienone is 36. The molecule has 0 aromatic rings. The highest BCUT2D eigenvalue weighted by Gasteiger charge is 2.30. The average Bonchev–Trinajstić information content (AvgIpc) is 0.899. The molecule has 17 nitrogen and oxygen atoms in total. The predicted molar refractivity (Wildman–Crippen MR) is 454 cm³/mol. The monoisotopic (exact) mass is 1570 g/mol. The number of hydrogen-bond acceptors (Lipinski definition) is 15. The number of aliphatic hydroxyl groups is 1. The number of ether oxygens (including phenoxy) is 4. The number of unbranched alkanes of at least 4 members (excludes halogenated alkanes) is 12. The molecule has 110 heavy (non-hydrogen) atoms. The number of esters is 4. The maximum Gasteiger partial charge on any atom is 0.472 e. The van der Waals surface area contributed by atoms with Gasteiger partial charge in [-0.15, -0.1) is 0 Å². The van der Waals surface area contributed by atoms with Crippen molar-refractivity contribution in [1.29, 1.82) is 0 Å². The van der Waals surface area contributed by atoms with Crippen LogP contribution in [0.15, 0.2) is 219 Å². The summed E-state index contributed by atoms with van der Waals surface area (Å²) < 4.78 is 68.5. The van der Waals surface area contributed by atoms with Gasteiger partial charge in [0.15, 0.2) is 12.2 Å². The smallest absolute Gasteiger partial charge is 0.462 e. The number of carbonyl (C=O) groups is 4. The zero-order chi connectivity index (χ0) is 80.3. The fraction of sp³-hybridized carbons (Fsp3) is 0.560. The number of carbonyl (C=O) groups excluding carboxylic acids is 4. The van der Waals surface area contributed by atoms with Crippen molar-refractivity contribution < 1.29 is 80.2 Å². The highest BCUT2D eigenvalue weighted by Crippen LogP contribution is 2.45. The molecule has 0 heterocycles. The maximum absolute atomic E-state index is 13.1. The van der Waals surface area contributed by atoms with E-state index in [2.05, 4.69) is 216 Å². The summed E-state index contributed by atoms with van der Waals surface area (Å²) in [7, 11) is -10.0. The molecule has 5 atom stereocenters. The van der Waals surface area contributed by atoms with Gasteiger partial charge in [0.1, 0.15) is 19.3 Å². The third kappa shape index (κ3) is 79.5. The summed E-state index contributed by atoms with van der Waals surface area (Å²) in [5.74, 6) is -2.42. The van der Waals surface area contributed by atoms with Gasteiger partial charge < -0.3 is 33.8 Å². The average molecular weight is 1570 g/mol. The molecule has 0 aromatic carbocycles. The van der Waals surface area contributed by atoms with Crippen molar-refractivity contribution in [2.75, 3.05) is 39.6 Å². The van der Waals surface area contributed by atoms with E-state index in [4.69, 9.17) is 37.0 Å². The van der Waals surface area contributed by atoms with Crippen molar-refractivity contribution in [3.05, 3.63) is 219 Å². The van der Waals surface area contributed by atoms with E-state index in [1.54, 1.807) is 0 Å². The van der Waals surface area contributed by atoms with Crippen molar-refractivity contribution in [1.82, 2.24) is 0 Å². The Bertz CT molecular complexity index is 2950. The van der Waals surface area contributed by atoms with Crippen LogP contribution in [0.5, 0.6) is 0 Å². The molecule has 19 heteroatoms. The molecule has 5 unspecified atom stereocenters. The van der Waals surface area contributed by atoms with E-state index in [-0.39, 0.29) is 25.7 Å². The Labute approximate surface area is 664 Å². The van der Waals surface area contributed by atoms with Crippen LogP contribution in [-0.2, 0) is 65.4 Å². The minimum absolute atomic E-state index is 0.00286. The lowest BCUT2D eigenvalue weighted by Gasteiger charge is -2.21. The quantitative estimate of drug-likeness (QED) is 0.0169. The van der Waals surface area contributed by atoms with Crippen molar-refractivity contribution in [2.24, 2.45) is 0 Å². The lowest BCUT2D eigenvalue weighted by Crippen LogP contribution is -2.30. The summed E-state index contributed by atoms with van der Waals surface area (Å²) in [5, 5.41) is 10.7. The Balaban J connectivity index is 5.56. The first-order valence-electron chi connectivity index (χ1n) is 41.0. The van der Waals surface area contributed by atoms with Gasteiger partial charge in [-0.25, -0.2) is 9.13 Å². The van der Waals surface area contributed by atoms with Crippen LogP contribution in [0.1, 0.15) is 272 Å². The summed E-state index contributed by atoms with van der Waals surface area (Å²) in [4.78, 5) is 73.1. The van der Waals surface area contributed by atoms with Crippen LogP contribution in [0.3, 0.4) is 0 Å². The molecular weight excluding hydrogens is 1430 g/mol. The molecule has 3 N–H and O–H groups in total. The molecule has 0 spiro atoms. The second-order valence-electron chi connectivity index (χ2n) is 26.2. The molecule has 618 valence electrons. The van der Waals surface area contributed by atoms with Crippen molar-refractivity contribution >= 4 is 39.5 Å². The number of aliphatic hydroxyl groups excluding tert-OH is 1. The van der Waals surface area contributed by atoms with Gasteiger partial charge in [0.2, 0.25) is 0 Å². The molecular formula is C91H142O17P2. The summed E-state index contributed by atoms with van der Waals surface area (Å²) in [6.07, 6.45) is 102. The second kappa shape index (κ2) is 80.4. The predicted octanol–water partition coefficient (Wildman–Crippen LogP) is 24.4. The van der Waals surface area contributed by atoms with Gasteiger partial charge >= 0.3 is 39.5 Å². The van der Waals surface area contributed by atoms with Gasteiger partial charge in [-0.1, -0.05) is 285 Å². The zero-order valence-corrected chi connectivity index (χ0v) is 69.4. The van der Waals surface area contributed by atoms with Crippen molar-refractivity contribution in [3.8, 4) is 0 Å². The minimum Gasteiger partial charge on any atom is -0.462 e. The van der Waals surface area contributed by atoms with Gasteiger partial charge in [0.05, 0.1) is 26.4 Å². The Kier molecular flexibility index (Phi) is 75.6. The minimum atomic E-state index is -5.02. The van der Waals surface area contributed by atoms with Gasteiger partial charge in [-0.05, 0) is 180 Å². The van der Waals surface area contributed by atoms with Crippen LogP contribution in [0.2, 0.25) is 0 Å². The Morgan fingerprint density at radius 3 is 0.827 bits per heavy atom. The molecule has 0 amide bonds. The molecule has 0 saturated carbocycles. The number of phosphoric ester groups is 2. The van der Waals surface area contributed by atoms with Gasteiger partial charge in [0, 0.05) is 25.7 Å². The third-order valence-corrected chi connectivity index (χ3v) is 17.8. The third-order valence-electron chi connectivity index (χ3n) is 15.9. The van der Waals surface area contributed by atoms with Gasteiger partial charge in [-0.3, -0.25) is 37.3 Å². The zero-order valence-electron chi connectivity index (χ0n) is 67.6. The van der Waals surface area contributed by atoms with E-state index in [1.165, 1.54) is 19.3 Å². The van der Waals surface area contributed by atoms with Crippen LogP contribution in [0, 0.1) is 0 Å². The maximum atomic E-state index is 13.1. The lowest BCUT2D eigenvalue weighted by atomic mass is 10.1. The van der Waals surface area contributed by atoms with E-state index in [9.17, 15) is 43.2 Å². The number of hydrogen-bond donors (Lipinski definition) is 3. The number of phosphoric acid groups is 2. The van der Waals surface area contributed by atoms with E-state index in [0.717, 1.165) is 161 Å². The molecule has 0 aliphatic heterocycles. The Morgan fingerprint density at radius 2 is 0.500 bits per heavy atom. The molecule has 0 fully saturated rings. The van der Waals surface area contributed by atoms with Crippen LogP contribution in [0.25, 0.3) is 0 Å². The van der Waals surface area contributed by atoms with Crippen molar-refractivity contribution in [3.63, 3.8) is 0 Å². The fourth-order valence-corrected chi connectivity index (χ4v) is 11.4. The fourth-order valence-electron chi connectivity index (χ4n) is 9.81. The number of rotatable bonds is 74. The molecule has 0 aliphatic rings. The second-order valence-corrected chi connectivity index (χ2v) is 29.1. The van der Waals surface area contributed by atoms with Crippen LogP contribution < -0.4 is 0 Å². The van der Waals surface area contributed by atoms with E-state index in [1.807, 2.05) is 30.4 Å². The molecule has 0 bridgehead atoms. The molecule has 0 radical (unpaired) electrons. The first-order chi connectivity index (χ1) is 53.7. The van der Waals surface area contributed by atoms with Crippen LogP contribution in [0.4, 0.5) is 0 Å². The Hall–Kier alpha value is -6.62. The van der Waals surface area contributed by atoms with Gasteiger partial charge in [0.25, 0.3) is 0 Å². The standard InChI is InChI=1S/C91H142O17P2/c1-5-9-13-17-21-25-29-33-37-40-42-45-48-51-55-59-63-67-71-75-88(93)101-81-86(107-90(95)77-73-69-65-61-57-53-47-36-32-28-24-20-16-12-8-4)83-105-109(97,98)103-79-85(92)80-104-110(99,100)106-84-87(108-91(96)78-74-70-66-62-58-54-50-44-39-35-31-27-23-19-15-11-7-3)82-102-89(94)76-72-68-64-60-56-52-49-46-43-41-38-34-30-26-22-18-14-10-6-2/h9-11,13-15,21-28,33-39,42-43,45-47,50-52,54-56,62-63,66-67,85-87,92H,5-8,12,16-20,29-32,40-41,44,48-49,53,57-61,64-65,68-84H2,1-4H3,(H,97,98)(H,99,100)/b13-9-,14-10-,15-11-,25-21-,26-22-,27-23-,28-24-,37-33-,38-34-,39-35-,45-42-,46-43-,47-36-,54-50-,55-51-,56-52-,66-62-,67-63-. The summed E-state index contributed by atoms with van der Waals surface area (Å²) in [6, 6.07) is 0. The summed E-state index contributed by atoms with van der Waals surface area (Å²) >= 11 is 0. The molecule has 0 aromatic heterocycles. The normalized spacial score (nSPS) is 14.9. The SMILES string of the molecule is CC/C=C\C/C=C\C/C=C\C/C=C\C/C=C\C/C=C\CCC(=O)OCC(COP(=O)(O)OCC(O)COP(=O)(O)OCC(COC(=O)CCCCC/C=C\C/C=C\C/C=C\C/C=C\C/C=C\CC)OC(=O)CCC/C=C\C/C=C\C/C=C\C/C=C\C/C=C\CC)OC(=O)CCCCCCC/C=C\C/C=C\CCCCC. The van der Waals surface area contributed by atoms with Crippen LogP contribution >= 0.6 is 15.6 Å². The largest absolute Gasteiger partial charge is 0.472 e. The van der Waals surface area contributed by atoms with E-state index >= 15 is 0 Å². The van der Waals surface area contributed by atoms with Crippen molar-refractivity contribution in [2.45, 2.75) is 290 Å².